The van der Waals surface area contributed by atoms with Crippen molar-refractivity contribution in [2.75, 3.05) is 31.6 Å². The van der Waals surface area contributed by atoms with Crippen LogP contribution in [0.4, 0.5) is 5.69 Å². The van der Waals surface area contributed by atoms with Gasteiger partial charge in [0, 0.05) is 31.2 Å². The van der Waals surface area contributed by atoms with E-state index in [1.165, 1.54) is 11.1 Å². The molecule has 0 aromatic heterocycles. The standard InChI is InChI=1S/C22H28N4O.HI/c1-22(2,18-10-5-4-6-11-18)16-25-21(23-3)24-15-20(27)26-14-13-17-9-7-8-12-19(17)26;/h4-12H,13-16H2,1-3H3,(H2,23,24,25);1H. The van der Waals surface area contributed by atoms with E-state index in [9.17, 15) is 4.79 Å². The van der Waals surface area contributed by atoms with Crippen LogP contribution in [0.2, 0.25) is 0 Å². The van der Waals surface area contributed by atoms with Gasteiger partial charge in [0.25, 0.3) is 0 Å². The number of anilines is 1. The fraction of sp³-hybridized carbons (Fsp3) is 0.364. The Hall–Kier alpha value is -2.09. The summed E-state index contributed by atoms with van der Waals surface area (Å²) in [6.45, 7) is 6.06. The number of rotatable bonds is 5. The van der Waals surface area contributed by atoms with Crippen LogP contribution in [-0.2, 0) is 16.6 Å². The van der Waals surface area contributed by atoms with Gasteiger partial charge in [0.2, 0.25) is 5.91 Å². The van der Waals surface area contributed by atoms with E-state index in [1.807, 2.05) is 29.2 Å². The number of hydrogen-bond donors (Lipinski definition) is 2. The van der Waals surface area contributed by atoms with E-state index < -0.39 is 0 Å². The minimum absolute atomic E-state index is 0. The highest BCUT2D eigenvalue weighted by Crippen LogP contribution is 2.27. The van der Waals surface area contributed by atoms with Gasteiger partial charge in [0.1, 0.15) is 0 Å². The van der Waals surface area contributed by atoms with Crippen LogP contribution >= 0.6 is 24.0 Å². The Morgan fingerprint density at radius 1 is 1.07 bits per heavy atom. The minimum atomic E-state index is -0.0449. The van der Waals surface area contributed by atoms with E-state index in [4.69, 9.17) is 0 Å². The maximum Gasteiger partial charge on any atom is 0.246 e. The van der Waals surface area contributed by atoms with Crippen molar-refractivity contribution in [3.8, 4) is 0 Å². The van der Waals surface area contributed by atoms with Crippen molar-refractivity contribution in [1.29, 1.82) is 0 Å². The number of amides is 1. The summed E-state index contributed by atoms with van der Waals surface area (Å²) in [5.74, 6) is 0.699. The fourth-order valence-electron chi connectivity index (χ4n) is 3.37. The molecule has 0 bridgehead atoms. The number of guanidine groups is 1. The lowest BCUT2D eigenvalue weighted by Gasteiger charge is -2.27. The van der Waals surface area contributed by atoms with Crippen LogP contribution in [0.15, 0.2) is 59.6 Å². The van der Waals surface area contributed by atoms with Crippen molar-refractivity contribution >= 4 is 41.5 Å². The van der Waals surface area contributed by atoms with Crippen molar-refractivity contribution in [3.63, 3.8) is 0 Å². The van der Waals surface area contributed by atoms with Gasteiger partial charge in [-0.1, -0.05) is 62.4 Å². The first kappa shape index (κ1) is 22.2. The number of carbonyl (C=O) groups is 1. The van der Waals surface area contributed by atoms with Crippen LogP contribution in [-0.4, -0.2) is 38.5 Å². The SMILES string of the molecule is CN=C(NCC(=O)N1CCc2ccccc21)NCC(C)(C)c1ccccc1.I. The predicted octanol–water partition coefficient (Wildman–Crippen LogP) is 3.34. The summed E-state index contributed by atoms with van der Waals surface area (Å²) >= 11 is 0. The average Bonchev–Trinajstić information content (AvgIpc) is 3.13. The molecule has 0 spiro atoms. The van der Waals surface area contributed by atoms with Gasteiger partial charge < -0.3 is 15.5 Å². The molecular formula is C22H29IN4O. The molecule has 6 heteroatoms. The molecule has 0 saturated carbocycles. The Balaban J connectivity index is 0.00000280. The maximum absolute atomic E-state index is 12.6. The molecule has 3 rings (SSSR count). The first-order chi connectivity index (χ1) is 13.0. The van der Waals surface area contributed by atoms with E-state index in [2.05, 4.69) is 59.8 Å². The lowest BCUT2D eigenvalue weighted by atomic mass is 9.85. The van der Waals surface area contributed by atoms with Crippen LogP contribution in [0.3, 0.4) is 0 Å². The number of carbonyl (C=O) groups excluding carboxylic acids is 1. The van der Waals surface area contributed by atoms with Gasteiger partial charge in [-0.15, -0.1) is 24.0 Å². The third kappa shape index (κ3) is 5.25. The summed E-state index contributed by atoms with van der Waals surface area (Å²) in [4.78, 5) is 18.7. The van der Waals surface area contributed by atoms with Crippen molar-refractivity contribution in [2.24, 2.45) is 4.99 Å². The zero-order valence-electron chi connectivity index (χ0n) is 16.7. The predicted molar refractivity (Wildman–Crippen MR) is 127 cm³/mol. The Kier molecular flexibility index (Phi) is 7.86. The number of para-hydroxylation sites is 1. The molecule has 0 saturated heterocycles. The summed E-state index contributed by atoms with van der Waals surface area (Å²) < 4.78 is 0. The number of fused-ring (bicyclic) bond motifs is 1. The van der Waals surface area contributed by atoms with Crippen molar-refractivity contribution < 1.29 is 4.79 Å². The molecule has 2 aromatic carbocycles. The molecule has 0 fully saturated rings. The van der Waals surface area contributed by atoms with Crippen LogP contribution in [0.25, 0.3) is 0 Å². The number of aliphatic imine (C=N–C) groups is 1. The molecule has 0 radical (unpaired) electrons. The van der Waals surface area contributed by atoms with Crippen LogP contribution < -0.4 is 15.5 Å². The second-order valence-corrected chi connectivity index (χ2v) is 7.45. The third-order valence-electron chi connectivity index (χ3n) is 5.07. The summed E-state index contributed by atoms with van der Waals surface area (Å²) in [5.41, 5.74) is 3.48. The summed E-state index contributed by atoms with van der Waals surface area (Å²) in [7, 11) is 1.72. The highest BCUT2D eigenvalue weighted by atomic mass is 127. The van der Waals surface area contributed by atoms with Gasteiger partial charge in [-0.3, -0.25) is 9.79 Å². The number of nitrogens with one attached hydrogen (secondary N) is 2. The largest absolute Gasteiger partial charge is 0.356 e. The first-order valence-electron chi connectivity index (χ1n) is 9.39. The Morgan fingerprint density at radius 2 is 1.75 bits per heavy atom. The van der Waals surface area contributed by atoms with Gasteiger partial charge >= 0.3 is 0 Å². The highest BCUT2D eigenvalue weighted by Gasteiger charge is 2.24. The molecule has 1 aliphatic rings. The summed E-state index contributed by atoms with van der Waals surface area (Å²) in [6.07, 6.45) is 0.917. The lowest BCUT2D eigenvalue weighted by Crippen LogP contribution is -2.47. The molecule has 2 N–H and O–H groups in total. The topological polar surface area (TPSA) is 56.7 Å². The second-order valence-electron chi connectivity index (χ2n) is 7.45. The highest BCUT2D eigenvalue weighted by molar-refractivity contribution is 14.0. The average molecular weight is 492 g/mol. The van der Waals surface area contributed by atoms with Gasteiger partial charge in [-0.2, -0.15) is 0 Å². The fourth-order valence-corrected chi connectivity index (χ4v) is 3.37. The molecule has 0 atom stereocenters. The van der Waals surface area contributed by atoms with Crippen molar-refractivity contribution in [2.45, 2.75) is 25.7 Å². The smallest absolute Gasteiger partial charge is 0.246 e. The third-order valence-corrected chi connectivity index (χ3v) is 5.07. The molecule has 0 unspecified atom stereocenters. The first-order valence-corrected chi connectivity index (χ1v) is 9.39. The molecule has 0 aliphatic carbocycles. The number of halogens is 1. The van der Waals surface area contributed by atoms with Gasteiger partial charge in [-0.25, -0.2) is 0 Å². The van der Waals surface area contributed by atoms with Gasteiger partial charge in [0.15, 0.2) is 5.96 Å². The Bertz CT molecular complexity index is 820. The van der Waals surface area contributed by atoms with E-state index in [0.29, 0.717) is 5.96 Å². The van der Waals surface area contributed by atoms with Gasteiger partial charge in [0.05, 0.1) is 6.54 Å². The van der Waals surface area contributed by atoms with E-state index in [0.717, 1.165) is 25.2 Å². The molecule has 1 heterocycles. The maximum atomic E-state index is 12.6. The number of nitrogens with zero attached hydrogens (tertiary/aromatic N) is 2. The molecule has 28 heavy (non-hydrogen) atoms. The number of benzene rings is 2. The van der Waals surface area contributed by atoms with Crippen molar-refractivity contribution in [1.82, 2.24) is 10.6 Å². The van der Waals surface area contributed by atoms with Crippen LogP contribution in [0.1, 0.15) is 25.0 Å². The molecule has 150 valence electrons. The normalized spacial score (nSPS) is 13.5. The zero-order chi connectivity index (χ0) is 19.3. The van der Waals surface area contributed by atoms with Crippen LogP contribution in [0, 0.1) is 0 Å². The summed E-state index contributed by atoms with van der Waals surface area (Å²) in [6, 6.07) is 18.5. The summed E-state index contributed by atoms with van der Waals surface area (Å²) in [5, 5.41) is 6.49. The molecular weight excluding hydrogens is 463 g/mol. The monoisotopic (exact) mass is 492 g/mol. The number of hydrogen-bond acceptors (Lipinski definition) is 2. The van der Waals surface area contributed by atoms with E-state index >= 15 is 0 Å². The van der Waals surface area contributed by atoms with Crippen molar-refractivity contribution in [3.05, 3.63) is 65.7 Å². The second kappa shape index (κ2) is 9.91. The Labute approximate surface area is 184 Å². The molecule has 5 nitrogen and oxygen atoms in total. The molecule has 2 aromatic rings. The quantitative estimate of drug-likeness (QED) is 0.383. The Morgan fingerprint density at radius 3 is 2.46 bits per heavy atom. The lowest BCUT2D eigenvalue weighted by molar-refractivity contribution is -0.117. The minimum Gasteiger partial charge on any atom is -0.356 e. The molecule has 1 amide bonds. The van der Waals surface area contributed by atoms with E-state index in [1.54, 1.807) is 7.05 Å². The molecule has 1 aliphatic heterocycles. The zero-order valence-corrected chi connectivity index (χ0v) is 19.1. The van der Waals surface area contributed by atoms with E-state index in [-0.39, 0.29) is 41.8 Å². The van der Waals surface area contributed by atoms with Crippen LogP contribution in [0.5, 0.6) is 0 Å². The van der Waals surface area contributed by atoms with Gasteiger partial charge in [-0.05, 0) is 23.6 Å².